The summed E-state index contributed by atoms with van der Waals surface area (Å²) in [5.41, 5.74) is 1.20. The Morgan fingerprint density at radius 1 is 1.06 bits per heavy atom. The Kier molecular flexibility index (Phi) is 7.87. The lowest BCUT2D eigenvalue weighted by Crippen LogP contribution is -2.50. The van der Waals surface area contributed by atoms with Crippen LogP contribution in [0, 0.1) is 0 Å². The molecule has 1 aromatic carbocycles. The summed E-state index contributed by atoms with van der Waals surface area (Å²) in [6.07, 6.45) is 1.78. The van der Waals surface area contributed by atoms with Gasteiger partial charge in [0.25, 0.3) is 0 Å². The Hall–Kier alpha value is -2.83. The largest absolute Gasteiger partial charge is 0.333 e. The second kappa shape index (κ2) is 9.98. The molecule has 0 saturated heterocycles. The van der Waals surface area contributed by atoms with Crippen molar-refractivity contribution in [2.45, 2.75) is 72.3 Å². The van der Waals surface area contributed by atoms with E-state index in [9.17, 15) is 9.59 Å². The van der Waals surface area contributed by atoms with Crippen molar-refractivity contribution >= 4 is 17.8 Å². The molecule has 0 radical (unpaired) electrons. The Labute approximate surface area is 186 Å². The van der Waals surface area contributed by atoms with Crippen LogP contribution in [0.25, 0.3) is 5.69 Å². The number of nitrogens with one attached hydrogen (secondary N) is 2. The van der Waals surface area contributed by atoms with Crippen molar-refractivity contribution in [3.63, 3.8) is 0 Å². The van der Waals surface area contributed by atoms with Gasteiger partial charge >= 0.3 is 6.03 Å². The van der Waals surface area contributed by atoms with Gasteiger partial charge in [-0.15, -0.1) is 0 Å². The number of aromatic nitrogens is 2. The second-order valence-corrected chi connectivity index (χ2v) is 9.92. The van der Waals surface area contributed by atoms with Crippen LogP contribution in [-0.2, 0) is 10.2 Å². The van der Waals surface area contributed by atoms with E-state index in [1.165, 1.54) is 0 Å². The van der Waals surface area contributed by atoms with Crippen LogP contribution in [0.3, 0.4) is 0 Å². The number of amides is 3. The summed E-state index contributed by atoms with van der Waals surface area (Å²) in [6, 6.07) is 11.4. The van der Waals surface area contributed by atoms with Gasteiger partial charge in [0.2, 0.25) is 5.91 Å². The highest BCUT2D eigenvalue weighted by molar-refractivity contribution is 5.94. The first-order valence-corrected chi connectivity index (χ1v) is 10.9. The topological polar surface area (TPSA) is 79.3 Å². The van der Waals surface area contributed by atoms with E-state index in [0.717, 1.165) is 24.2 Å². The summed E-state index contributed by atoms with van der Waals surface area (Å²) < 4.78 is 1.74. The summed E-state index contributed by atoms with van der Waals surface area (Å²) >= 11 is 0. The van der Waals surface area contributed by atoms with Crippen molar-refractivity contribution in [2.75, 3.05) is 18.4 Å². The quantitative estimate of drug-likeness (QED) is 0.671. The number of unbranched alkanes of at least 4 members (excludes halogenated alkanes) is 1. The van der Waals surface area contributed by atoms with Gasteiger partial charge in [-0.3, -0.25) is 4.79 Å². The lowest BCUT2D eigenvalue weighted by atomic mass is 9.92. The van der Waals surface area contributed by atoms with E-state index in [2.05, 4.69) is 38.3 Å². The third kappa shape index (κ3) is 7.42. The van der Waals surface area contributed by atoms with Crippen LogP contribution in [0.2, 0.25) is 0 Å². The smallest absolute Gasteiger partial charge is 0.318 e. The van der Waals surface area contributed by atoms with Crippen LogP contribution in [0.15, 0.2) is 36.4 Å². The SMILES string of the molecule is CCCCN(CC(=O)Nc1cc(C(C)(C)C)nn1-c1ccccc1)C(=O)NC(C)(C)C. The lowest BCUT2D eigenvalue weighted by Gasteiger charge is -2.28. The molecule has 1 aromatic heterocycles. The number of hydrogen-bond acceptors (Lipinski definition) is 3. The van der Waals surface area contributed by atoms with Gasteiger partial charge in [0, 0.05) is 23.6 Å². The zero-order valence-electron chi connectivity index (χ0n) is 20.0. The molecule has 0 aliphatic rings. The maximum atomic E-state index is 12.9. The maximum Gasteiger partial charge on any atom is 0.318 e. The first-order valence-electron chi connectivity index (χ1n) is 10.9. The van der Waals surface area contributed by atoms with E-state index in [1.54, 1.807) is 9.58 Å². The number of urea groups is 1. The van der Waals surface area contributed by atoms with E-state index < -0.39 is 0 Å². The van der Waals surface area contributed by atoms with Gasteiger partial charge in [-0.05, 0) is 39.3 Å². The summed E-state index contributed by atoms with van der Waals surface area (Å²) in [5, 5.41) is 10.6. The number of carbonyl (C=O) groups is 2. The number of para-hydroxylation sites is 1. The van der Waals surface area contributed by atoms with Crippen molar-refractivity contribution < 1.29 is 9.59 Å². The Morgan fingerprint density at radius 2 is 1.71 bits per heavy atom. The van der Waals surface area contributed by atoms with Gasteiger partial charge in [-0.25, -0.2) is 9.48 Å². The third-order valence-corrected chi connectivity index (χ3v) is 4.63. The zero-order chi connectivity index (χ0) is 23.2. The number of hydrogen-bond donors (Lipinski definition) is 2. The molecule has 0 aliphatic heterocycles. The predicted octanol–water partition coefficient (Wildman–Crippen LogP) is 4.72. The van der Waals surface area contributed by atoms with Crippen molar-refractivity contribution in [3.05, 3.63) is 42.1 Å². The first-order chi connectivity index (χ1) is 14.4. The Bertz CT molecular complexity index is 876. The molecule has 2 aromatic rings. The van der Waals surface area contributed by atoms with Crippen LogP contribution in [-0.4, -0.2) is 45.2 Å². The number of rotatable bonds is 7. The molecule has 7 heteroatoms. The molecule has 7 nitrogen and oxygen atoms in total. The molecule has 0 bridgehead atoms. The normalized spacial score (nSPS) is 11.8. The fourth-order valence-corrected chi connectivity index (χ4v) is 2.96. The highest BCUT2D eigenvalue weighted by Crippen LogP contribution is 2.26. The molecule has 2 N–H and O–H groups in total. The number of benzene rings is 1. The van der Waals surface area contributed by atoms with Gasteiger partial charge in [0.15, 0.2) is 0 Å². The molecule has 0 saturated carbocycles. The minimum atomic E-state index is -0.369. The fraction of sp³-hybridized carbons (Fsp3) is 0.542. The highest BCUT2D eigenvalue weighted by atomic mass is 16.2. The molecule has 0 fully saturated rings. The number of nitrogens with zero attached hydrogens (tertiary/aromatic N) is 3. The third-order valence-electron chi connectivity index (χ3n) is 4.63. The molecule has 0 aliphatic carbocycles. The Morgan fingerprint density at radius 3 is 2.26 bits per heavy atom. The van der Waals surface area contributed by atoms with E-state index in [0.29, 0.717) is 12.4 Å². The summed E-state index contributed by atoms with van der Waals surface area (Å²) in [5.74, 6) is 0.338. The molecule has 0 atom stereocenters. The monoisotopic (exact) mass is 427 g/mol. The molecule has 31 heavy (non-hydrogen) atoms. The van der Waals surface area contributed by atoms with Gasteiger partial charge in [0.05, 0.1) is 11.4 Å². The van der Waals surface area contributed by atoms with Crippen molar-refractivity contribution in [1.82, 2.24) is 20.0 Å². The average molecular weight is 428 g/mol. The second-order valence-electron chi connectivity index (χ2n) is 9.92. The highest BCUT2D eigenvalue weighted by Gasteiger charge is 2.24. The average Bonchev–Trinajstić information content (AvgIpc) is 3.08. The maximum absolute atomic E-state index is 12.9. The molecule has 1 heterocycles. The lowest BCUT2D eigenvalue weighted by molar-refractivity contribution is -0.116. The van der Waals surface area contributed by atoms with Crippen molar-refractivity contribution in [2.24, 2.45) is 0 Å². The standard InChI is InChI=1S/C24H37N5O2/c1-8-9-15-28(22(31)26-24(5,6)7)17-21(30)25-20-16-19(23(2,3)4)27-29(20)18-13-11-10-12-14-18/h10-14,16H,8-9,15,17H2,1-7H3,(H,25,30)(H,26,31). The molecule has 2 rings (SSSR count). The number of carbonyl (C=O) groups excluding carboxylic acids is 2. The Balaban J connectivity index is 2.24. The van der Waals surface area contributed by atoms with Crippen LogP contribution in [0.4, 0.5) is 10.6 Å². The molecular formula is C24H37N5O2. The molecule has 0 unspecified atom stereocenters. The van der Waals surface area contributed by atoms with E-state index >= 15 is 0 Å². The molecule has 0 spiro atoms. The molecular weight excluding hydrogens is 390 g/mol. The minimum absolute atomic E-state index is 0.0211. The van der Waals surface area contributed by atoms with E-state index in [4.69, 9.17) is 5.10 Å². The van der Waals surface area contributed by atoms with Crippen LogP contribution in [0.5, 0.6) is 0 Å². The van der Waals surface area contributed by atoms with Crippen molar-refractivity contribution in [1.29, 1.82) is 0 Å². The van der Waals surface area contributed by atoms with Gasteiger partial charge < -0.3 is 15.5 Å². The fourth-order valence-electron chi connectivity index (χ4n) is 2.96. The molecule has 170 valence electrons. The van der Waals surface area contributed by atoms with E-state index in [1.807, 2.05) is 57.2 Å². The van der Waals surface area contributed by atoms with Gasteiger partial charge in [0.1, 0.15) is 12.4 Å². The van der Waals surface area contributed by atoms with Crippen LogP contribution in [0.1, 0.15) is 67.0 Å². The van der Waals surface area contributed by atoms with E-state index in [-0.39, 0.29) is 29.4 Å². The predicted molar refractivity (Wildman–Crippen MR) is 126 cm³/mol. The summed E-state index contributed by atoms with van der Waals surface area (Å²) in [7, 11) is 0. The first kappa shape index (κ1) is 24.4. The number of anilines is 1. The van der Waals surface area contributed by atoms with Crippen LogP contribution < -0.4 is 10.6 Å². The summed E-state index contributed by atoms with van der Waals surface area (Å²) in [4.78, 5) is 27.2. The van der Waals surface area contributed by atoms with Crippen molar-refractivity contribution in [3.8, 4) is 5.69 Å². The minimum Gasteiger partial charge on any atom is -0.333 e. The zero-order valence-corrected chi connectivity index (χ0v) is 20.0. The summed E-state index contributed by atoms with van der Waals surface area (Å²) in [6.45, 7) is 14.6. The van der Waals surface area contributed by atoms with Gasteiger partial charge in [-0.2, -0.15) is 5.10 Å². The molecule has 3 amide bonds. The van der Waals surface area contributed by atoms with Gasteiger partial charge in [-0.1, -0.05) is 52.3 Å². The van der Waals surface area contributed by atoms with Crippen LogP contribution >= 0.6 is 0 Å².